The standard InChI is InChI=1S/C28H36N2O4/c1-28(2,26(31)32)34-23-16-14-22(15-17-23)18-20-30(19-8-11-21-9-4-3-5-10-21)27-29-24-12-6-7-13-25(24)33-27/h6-7,12-17,21H,3-5,8-11,18-20H2,1-2H3,(H,31,32). The minimum atomic E-state index is -1.26. The van der Waals surface area contributed by atoms with Crippen LogP contribution in [0.2, 0.25) is 0 Å². The summed E-state index contributed by atoms with van der Waals surface area (Å²) in [6.07, 6.45) is 10.1. The van der Waals surface area contributed by atoms with Crippen molar-refractivity contribution in [3.8, 4) is 5.75 Å². The third-order valence-corrected chi connectivity index (χ3v) is 6.80. The summed E-state index contributed by atoms with van der Waals surface area (Å²) in [5.41, 5.74) is 1.60. The number of anilines is 1. The summed E-state index contributed by atoms with van der Waals surface area (Å²) in [5, 5.41) is 9.27. The Balaban J connectivity index is 1.39. The molecule has 1 aromatic heterocycles. The molecule has 6 nitrogen and oxygen atoms in total. The summed E-state index contributed by atoms with van der Waals surface area (Å²) in [5.74, 6) is 0.431. The van der Waals surface area contributed by atoms with Crippen molar-refractivity contribution in [2.45, 2.75) is 70.8 Å². The topological polar surface area (TPSA) is 75.8 Å². The number of aliphatic carboxylic acids is 1. The largest absolute Gasteiger partial charge is 0.478 e. The van der Waals surface area contributed by atoms with Crippen molar-refractivity contribution >= 4 is 23.1 Å². The van der Waals surface area contributed by atoms with Crippen LogP contribution in [0.3, 0.4) is 0 Å². The molecule has 1 heterocycles. The van der Waals surface area contributed by atoms with E-state index in [0.29, 0.717) is 11.8 Å². The molecule has 34 heavy (non-hydrogen) atoms. The number of carbonyl (C=O) groups is 1. The highest BCUT2D eigenvalue weighted by Crippen LogP contribution is 2.28. The Kier molecular flexibility index (Phi) is 7.76. The van der Waals surface area contributed by atoms with Crippen molar-refractivity contribution in [2.75, 3.05) is 18.0 Å². The molecule has 2 aromatic carbocycles. The lowest BCUT2D eigenvalue weighted by molar-refractivity contribution is -0.152. The molecular formula is C28H36N2O4. The van der Waals surface area contributed by atoms with E-state index < -0.39 is 11.6 Å². The number of nitrogens with zero attached hydrogens (tertiary/aromatic N) is 2. The average Bonchev–Trinajstić information content (AvgIpc) is 3.27. The maximum Gasteiger partial charge on any atom is 0.347 e. The van der Waals surface area contributed by atoms with Gasteiger partial charge in [-0.3, -0.25) is 0 Å². The van der Waals surface area contributed by atoms with Gasteiger partial charge in [0.05, 0.1) is 0 Å². The molecule has 0 radical (unpaired) electrons. The molecular weight excluding hydrogens is 428 g/mol. The van der Waals surface area contributed by atoms with E-state index in [1.165, 1.54) is 38.5 Å². The van der Waals surface area contributed by atoms with Crippen molar-refractivity contribution in [1.29, 1.82) is 0 Å². The van der Waals surface area contributed by atoms with E-state index in [1.54, 1.807) is 13.8 Å². The van der Waals surface area contributed by atoms with Gasteiger partial charge in [0.25, 0.3) is 6.01 Å². The molecule has 1 N–H and O–H groups in total. The normalized spacial score (nSPS) is 14.9. The number of hydrogen-bond donors (Lipinski definition) is 1. The third kappa shape index (κ3) is 6.31. The molecule has 0 atom stereocenters. The van der Waals surface area contributed by atoms with Crippen molar-refractivity contribution in [2.24, 2.45) is 5.92 Å². The van der Waals surface area contributed by atoms with Gasteiger partial charge in [0, 0.05) is 13.1 Å². The monoisotopic (exact) mass is 464 g/mol. The summed E-state index contributed by atoms with van der Waals surface area (Å²) in [7, 11) is 0. The molecule has 0 aliphatic heterocycles. The summed E-state index contributed by atoms with van der Waals surface area (Å²) in [4.78, 5) is 18.3. The summed E-state index contributed by atoms with van der Waals surface area (Å²) < 4.78 is 11.7. The quantitative estimate of drug-likeness (QED) is 0.350. The molecule has 1 saturated carbocycles. The van der Waals surface area contributed by atoms with E-state index in [-0.39, 0.29) is 0 Å². The van der Waals surface area contributed by atoms with Crippen LogP contribution in [0.5, 0.6) is 5.75 Å². The van der Waals surface area contributed by atoms with Crippen molar-refractivity contribution in [3.63, 3.8) is 0 Å². The van der Waals surface area contributed by atoms with Gasteiger partial charge >= 0.3 is 5.97 Å². The molecule has 3 aromatic rings. The van der Waals surface area contributed by atoms with Gasteiger partial charge < -0.3 is 19.2 Å². The Morgan fingerprint density at radius 3 is 2.53 bits per heavy atom. The van der Waals surface area contributed by atoms with Crippen LogP contribution >= 0.6 is 0 Å². The predicted octanol–water partition coefficient (Wildman–Crippen LogP) is 6.48. The summed E-state index contributed by atoms with van der Waals surface area (Å²) >= 11 is 0. The number of fused-ring (bicyclic) bond motifs is 1. The highest BCUT2D eigenvalue weighted by Gasteiger charge is 2.29. The number of benzene rings is 2. The van der Waals surface area contributed by atoms with Crippen LogP contribution in [-0.4, -0.2) is 34.8 Å². The minimum absolute atomic E-state index is 0.555. The number of oxazole rings is 1. The van der Waals surface area contributed by atoms with Crippen molar-refractivity contribution < 1.29 is 19.1 Å². The van der Waals surface area contributed by atoms with Gasteiger partial charge in [-0.15, -0.1) is 0 Å². The molecule has 1 fully saturated rings. The molecule has 182 valence electrons. The lowest BCUT2D eigenvalue weighted by Gasteiger charge is -2.24. The fourth-order valence-corrected chi connectivity index (χ4v) is 4.67. The van der Waals surface area contributed by atoms with Gasteiger partial charge in [0.2, 0.25) is 0 Å². The average molecular weight is 465 g/mol. The van der Waals surface area contributed by atoms with E-state index in [2.05, 4.69) is 4.90 Å². The lowest BCUT2D eigenvalue weighted by atomic mass is 9.86. The molecule has 6 heteroatoms. The van der Waals surface area contributed by atoms with Crippen LogP contribution in [0.4, 0.5) is 6.01 Å². The van der Waals surface area contributed by atoms with E-state index in [9.17, 15) is 9.90 Å². The predicted molar refractivity (Wildman–Crippen MR) is 135 cm³/mol. The van der Waals surface area contributed by atoms with Crippen LogP contribution in [-0.2, 0) is 11.2 Å². The maximum atomic E-state index is 11.3. The van der Waals surface area contributed by atoms with Crippen LogP contribution in [0.25, 0.3) is 11.1 Å². The second kappa shape index (κ2) is 10.9. The maximum absolute atomic E-state index is 11.3. The Bertz CT molecular complexity index is 1030. The van der Waals surface area contributed by atoms with Gasteiger partial charge in [-0.1, -0.05) is 56.4 Å². The van der Waals surface area contributed by atoms with Crippen LogP contribution < -0.4 is 9.64 Å². The lowest BCUT2D eigenvalue weighted by Crippen LogP contribution is -2.37. The van der Waals surface area contributed by atoms with Crippen LogP contribution in [0.15, 0.2) is 52.9 Å². The highest BCUT2D eigenvalue weighted by molar-refractivity contribution is 5.76. The number of aromatic nitrogens is 1. The SMILES string of the molecule is CC(C)(Oc1ccc(CCN(CCCC2CCCCC2)c2nc3ccccc3o2)cc1)C(=O)O. The number of carboxylic acid groups (broad SMARTS) is 1. The van der Waals surface area contributed by atoms with Crippen LogP contribution in [0.1, 0.15) is 64.4 Å². The van der Waals surface area contributed by atoms with E-state index >= 15 is 0 Å². The van der Waals surface area contributed by atoms with Crippen LogP contribution in [0, 0.1) is 5.92 Å². The molecule has 0 bridgehead atoms. The minimum Gasteiger partial charge on any atom is -0.478 e. The van der Waals surface area contributed by atoms with Gasteiger partial charge in [-0.2, -0.15) is 4.98 Å². The zero-order valence-corrected chi connectivity index (χ0v) is 20.3. The van der Waals surface area contributed by atoms with Crippen molar-refractivity contribution in [1.82, 2.24) is 4.98 Å². The highest BCUT2D eigenvalue weighted by atomic mass is 16.5. The second-order valence-electron chi connectivity index (χ2n) is 9.91. The number of rotatable bonds is 11. The Labute approximate surface area is 201 Å². The van der Waals surface area contributed by atoms with E-state index in [1.807, 2.05) is 48.5 Å². The summed E-state index contributed by atoms with van der Waals surface area (Å²) in [6, 6.07) is 16.3. The smallest absolute Gasteiger partial charge is 0.347 e. The number of ether oxygens (including phenoxy) is 1. The zero-order valence-electron chi connectivity index (χ0n) is 20.3. The van der Waals surface area contributed by atoms with Gasteiger partial charge in [-0.25, -0.2) is 4.79 Å². The first kappa shape index (κ1) is 24.1. The first-order chi connectivity index (χ1) is 16.4. The number of para-hydroxylation sites is 2. The molecule has 4 rings (SSSR count). The Morgan fingerprint density at radius 2 is 1.82 bits per heavy atom. The summed E-state index contributed by atoms with van der Waals surface area (Å²) in [6.45, 7) is 4.83. The Hall–Kier alpha value is -3.02. The third-order valence-electron chi connectivity index (χ3n) is 6.80. The van der Waals surface area contributed by atoms with E-state index in [0.717, 1.165) is 48.5 Å². The number of carboxylic acids is 1. The molecule has 0 unspecified atom stereocenters. The molecule has 1 aliphatic rings. The molecule has 1 aliphatic carbocycles. The fraction of sp³-hybridized carbons (Fsp3) is 0.500. The molecule has 0 saturated heterocycles. The first-order valence-electron chi connectivity index (χ1n) is 12.5. The molecule has 0 spiro atoms. The van der Waals surface area contributed by atoms with Gasteiger partial charge in [0.1, 0.15) is 11.3 Å². The first-order valence-corrected chi connectivity index (χ1v) is 12.5. The molecule has 0 amide bonds. The zero-order chi connectivity index (χ0) is 24.0. The fourth-order valence-electron chi connectivity index (χ4n) is 4.67. The van der Waals surface area contributed by atoms with Gasteiger partial charge in [0.15, 0.2) is 11.2 Å². The Morgan fingerprint density at radius 1 is 1.09 bits per heavy atom. The number of hydrogen-bond acceptors (Lipinski definition) is 5. The van der Waals surface area contributed by atoms with E-state index in [4.69, 9.17) is 14.1 Å². The second-order valence-corrected chi connectivity index (χ2v) is 9.91. The van der Waals surface area contributed by atoms with Crippen molar-refractivity contribution in [3.05, 3.63) is 54.1 Å². The van der Waals surface area contributed by atoms with Gasteiger partial charge in [-0.05, 0) is 68.9 Å².